The summed E-state index contributed by atoms with van der Waals surface area (Å²) >= 11 is 3.16. The molecule has 1 atom stereocenters. The van der Waals surface area contributed by atoms with Gasteiger partial charge in [-0.1, -0.05) is 28.1 Å². The summed E-state index contributed by atoms with van der Waals surface area (Å²) in [6, 6.07) is 0. The summed E-state index contributed by atoms with van der Waals surface area (Å²) in [7, 11) is 0. The summed E-state index contributed by atoms with van der Waals surface area (Å²) < 4.78 is 0.682. The first-order valence-electron chi connectivity index (χ1n) is 2.95. The largest absolute Gasteiger partial charge is 0.388 e. The molecule has 2 nitrogen and oxygen atoms in total. The Labute approximate surface area is 67.4 Å². The third kappa shape index (κ3) is 1.36. The van der Waals surface area contributed by atoms with E-state index < -0.39 is 6.10 Å². The van der Waals surface area contributed by atoms with E-state index in [2.05, 4.69) is 15.9 Å². The molecular formula is C7H7BrO2. The monoisotopic (exact) mass is 202 g/mol. The average molecular weight is 203 g/mol. The molecular weight excluding hydrogens is 196 g/mol. The molecule has 0 heterocycles. The molecule has 0 saturated heterocycles. The second-order valence-electron chi connectivity index (χ2n) is 2.07. The van der Waals surface area contributed by atoms with Crippen LogP contribution in [0.5, 0.6) is 0 Å². The summed E-state index contributed by atoms with van der Waals surface area (Å²) in [5.41, 5.74) is 0.433. The SMILES string of the molecule is O=CC1=C(Br)C=CCC1O. The fourth-order valence-corrected chi connectivity index (χ4v) is 1.36. The van der Waals surface area contributed by atoms with E-state index in [0.29, 0.717) is 22.8 Å². The normalized spacial score (nSPS) is 25.2. The Bertz CT molecular complexity index is 206. The van der Waals surface area contributed by atoms with E-state index in [-0.39, 0.29) is 0 Å². The lowest BCUT2D eigenvalue weighted by molar-refractivity contribution is -0.105. The molecule has 1 aliphatic carbocycles. The van der Waals surface area contributed by atoms with Crippen molar-refractivity contribution in [2.45, 2.75) is 12.5 Å². The van der Waals surface area contributed by atoms with Crippen LogP contribution in [0.25, 0.3) is 0 Å². The predicted molar refractivity (Wildman–Crippen MR) is 41.8 cm³/mol. The molecule has 1 rings (SSSR count). The minimum Gasteiger partial charge on any atom is -0.388 e. The average Bonchev–Trinajstić information content (AvgIpc) is 1.88. The van der Waals surface area contributed by atoms with Crippen molar-refractivity contribution in [3.63, 3.8) is 0 Å². The zero-order valence-corrected chi connectivity index (χ0v) is 6.84. The highest BCUT2D eigenvalue weighted by atomic mass is 79.9. The van der Waals surface area contributed by atoms with E-state index in [1.54, 1.807) is 6.08 Å². The first-order chi connectivity index (χ1) is 4.75. The number of aliphatic hydroxyl groups excluding tert-OH is 1. The Morgan fingerprint density at radius 3 is 2.90 bits per heavy atom. The van der Waals surface area contributed by atoms with Gasteiger partial charge in [-0.15, -0.1) is 0 Å². The number of rotatable bonds is 1. The standard InChI is InChI=1S/C7H7BrO2/c8-6-2-1-3-7(10)5(6)4-9/h1-2,4,7,10H,3H2. The van der Waals surface area contributed by atoms with Crippen molar-refractivity contribution in [3.8, 4) is 0 Å². The van der Waals surface area contributed by atoms with Crippen molar-refractivity contribution >= 4 is 22.2 Å². The Kier molecular flexibility index (Phi) is 2.40. The smallest absolute Gasteiger partial charge is 0.149 e. The molecule has 0 saturated carbocycles. The quantitative estimate of drug-likeness (QED) is 0.649. The molecule has 0 radical (unpaired) electrons. The van der Waals surface area contributed by atoms with Gasteiger partial charge in [0, 0.05) is 10.1 Å². The lowest BCUT2D eigenvalue weighted by Gasteiger charge is -2.12. The van der Waals surface area contributed by atoms with Gasteiger partial charge in [0.05, 0.1) is 6.10 Å². The van der Waals surface area contributed by atoms with Gasteiger partial charge < -0.3 is 5.11 Å². The number of hydrogen-bond donors (Lipinski definition) is 1. The van der Waals surface area contributed by atoms with Crippen LogP contribution in [0.4, 0.5) is 0 Å². The van der Waals surface area contributed by atoms with Crippen molar-refractivity contribution in [1.82, 2.24) is 0 Å². The van der Waals surface area contributed by atoms with Gasteiger partial charge in [0.15, 0.2) is 0 Å². The van der Waals surface area contributed by atoms with Crippen LogP contribution < -0.4 is 0 Å². The number of aldehydes is 1. The third-order valence-corrected chi connectivity index (χ3v) is 2.11. The number of carbonyl (C=O) groups excluding carboxylic acids is 1. The maximum Gasteiger partial charge on any atom is 0.149 e. The van der Waals surface area contributed by atoms with Crippen molar-refractivity contribution in [2.24, 2.45) is 0 Å². The van der Waals surface area contributed by atoms with Crippen LogP contribution in [0.2, 0.25) is 0 Å². The molecule has 0 bridgehead atoms. The molecule has 1 unspecified atom stereocenters. The lowest BCUT2D eigenvalue weighted by Crippen LogP contribution is -2.13. The molecule has 0 aromatic carbocycles. The topological polar surface area (TPSA) is 37.3 Å². The second-order valence-corrected chi connectivity index (χ2v) is 2.93. The van der Waals surface area contributed by atoms with Crippen molar-refractivity contribution in [1.29, 1.82) is 0 Å². The van der Waals surface area contributed by atoms with E-state index in [1.807, 2.05) is 6.08 Å². The third-order valence-electron chi connectivity index (χ3n) is 1.39. The molecule has 10 heavy (non-hydrogen) atoms. The molecule has 0 spiro atoms. The van der Waals surface area contributed by atoms with Crippen LogP contribution in [0.15, 0.2) is 22.2 Å². The number of allylic oxidation sites excluding steroid dienone is 2. The molecule has 1 aliphatic rings. The zero-order valence-electron chi connectivity index (χ0n) is 5.25. The van der Waals surface area contributed by atoms with Gasteiger partial charge in [-0.05, 0) is 6.42 Å². The number of carbonyl (C=O) groups is 1. The van der Waals surface area contributed by atoms with Crippen LogP contribution >= 0.6 is 15.9 Å². The molecule has 0 aromatic rings. The number of halogens is 1. The highest BCUT2D eigenvalue weighted by molar-refractivity contribution is 9.11. The van der Waals surface area contributed by atoms with Gasteiger partial charge in [0.25, 0.3) is 0 Å². The zero-order chi connectivity index (χ0) is 7.56. The fourth-order valence-electron chi connectivity index (χ4n) is 0.818. The Morgan fingerprint density at radius 2 is 2.50 bits per heavy atom. The van der Waals surface area contributed by atoms with Crippen molar-refractivity contribution in [2.75, 3.05) is 0 Å². The molecule has 54 valence electrons. The van der Waals surface area contributed by atoms with Gasteiger partial charge in [0.2, 0.25) is 0 Å². The van der Waals surface area contributed by atoms with E-state index in [9.17, 15) is 4.79 Å². The van der Waals surface area contributed by atoms with E-state index in [1.165, 1.54) is 0 Å². The Balaban J connectivity index is 2.94. The molecule has 1 N–H and O–H groups in total. The summed E-state index contributed by atoms with van der Waals surface area (Å²) in [6.07, 6.45) is 4.18. The molecule has 0 amide bonds. The van der Waals surface area contributed by atoms with E-state index in [4.69, 9.17) is 5.11 Å². The summed E-state index contributed by atoms with van der Waals surface area (Å²) in [5.74, 6) is 0. The van der Waals surface area contributed by atoms with Crippen molar-refractivity contribution in [3.05, 3.63) is 22.2 Å². The number of hydrogen-bond acceptors (Lipinski definition) is 2. The van der Waals surface area contributed by atoms with E-state index >= 15 is 0 Å². The molecule has 0 aliphatic heterocycles. The maximum absolute atomic E-state index is 10.3. The van der Waals surface area contributed by atoms with Gasteiger partial charge in [-0.25, -0.2) is 0 Å². The van der Waals surface area contributed by atoms with E-state index in [0.717, 1.165) is 0 Å². The van der Waals surface area contributed by atoms with Crippen LogP contribution in [-0.4, -0.2) is 17.5 Å². The minimum atomic E-state index is -0.628. The first kappa shape index (κ1) is 7.69. The molecule has 0 fully saturated rings. The maximum atomic E-state index is 10.3. The molecule has 0 aromatic heterocycles. The van der Waals surface area contributed by atoms with Gasteiger partial charge in [0.1, 0.15) is 6.29 Å². The molecule has 3 heteroatoms. The summed E-state index contributed by atoms with van der Waals surface area (Å²) in [6.45, 7) is 0. The van der Waals surface area contributed by atoms with Crippen molar-refractivity contribution < 1.29 is 9.90 Å². The fraction of sp³-hybridized carbons (Fsp3) is 0.286. The van der Waals surface area contributed by atoms with Crippen LogP contribution in [-0.2, 0) is 4.79 Å². The van der Waals surface area contributed by atoms with Gasteiger partial charge in [-0.2, -0.15) is 0 Å². The van der Waals surface area contributed by atoms with Crippen LogP contribution in [0, 0.1) is 0 Å². The summed E-state index contributed by atoms with van der Waals surface area (Å²) in [4.78, 5) is 10.3. The lowest BCUT2D eigenvalue weighted by atomic mass is 10.0. The Morgan fingerprint density at radius 1 is 1.80 bits per heavy atom. The first-order valence-corrected chi connectivity index (χ1v) is 3.74. The predicted octanol–water partition coefficient (Wildman–Crippen LogP) is 1.16. The summed E-state index contributed by atoms with van der Waals surface area (Å²) in [5, 5.41) is 9.17. The van der Waals surface area contributed by atoms with Gasteiger partial charge >= 0.3 is 0 Å². The number of aliphatic hydroxyl groups is 1. The highest BCUT2D eigenvalue weighted by Crippen LogP contribution is 2.21. The minimum absolute atomic E-state index is 0.433. The second kappa shape index (κ2) is 3.12. The highest BCUT2D eigenvalue weighted by Gasteiger charge is 2.14. The van der Waals surface area contributed by atoms with Gasteiger partial charge in [-0.3, -0.25) is 4.79 Å². The van der Waals surface area contributed by atoms with Crippen LogP contribution in [0.3, 0.4) is 0 Å². The van der Waals surface area contributed by atoms with Crippen LogP contribution in [0.1, 0.15) is 6.42 Å². The Hall–Kier alpha value is -0.410.